The van der Waals surface area contributed by atoms with Gasteiger partial charge in [-0.25, -0.2) is 0 Å². The number of fused-ring (bicyclic) bond motifs is 3. The molecule has 2 fully saturated rings. The smallest absolute Gasteiger partial charge is 0.243 e. The van der Waals surface area contributed by atoms with Gasteiger partial charge in [0.1, 0.15) is 0 Å². The summed E-state index contributed by atoms with van der Waals surface area (Å²) in [5, 5.41) is 10.1. The molecule has 0 radical (unpaired) electrons. The zero-order chi connectivity index (χ0) is 17.9. The van der Waals surface area contributed by atoms with Crippen LogP contribution in [0.15, 0.2) is 36.5 Å². The molecule has 2 amide bonds. The molecular formula is C20H24N4O2. The molecule has 2 saturated heterocycles. The van der Waals surface area contributed by atoms with Gasteiger partial charge in [-0.1, -0.05) is 18.2 Å². The Morgan fingerprint density at radius 3 is 2.65 bits per heavy atom. The van der Waals surface area contributed by atoms with Crippen LogP contribution in [0.1, 0.15) is 32.1 Å². The van der Waals surface area contributed by atoms with Crippen LogP contribution in [0.5, 0.6) is 0 Å². The van der Waals surface area contributed by atoms with E-state index >= 15 is 0 Å². The standard InChI is InChI=1S/C20H24N4O2/c25-18(11-13-9-15-6-7-16(10-13)23-15)22-12-19(26)24-17-5-1-3-14-4-2-8-21-20(14)17/h1-5,8,13,15-16,23H,6-7,9-12H2,(H,22,25)(H,24,26). The number of carbonyl (C=O) groups is 2. The van der Waals surface area contributed by atoms with Crippen molar-refractivity contribution < 1.29 is 9.59 Å². The van der Waals surface area contributed by atoms with Crippen LogP contribution in [0, 0.1) is 5.92 Å². The maximum atomic E-state index is 12.2. The first-order valence-corrected chi connectivity index (χ1v) is 9.34. The Balaban J connectivity index is 1.27. The first kappa shape index (κ1) is 17.0. The van der Waals surface area contributed by atoms with E-state index in [1.807, 2.05) is 30.3 Å². The Morgan fingerprint density at radius 2 is 1.85 bits per heavy atom. The largest absolute Gasteiger partial charge is 0.347 e. The van der Waals surface area contributed by atoms with Gasteiger partial charge in [-0.2, -0.15) is 0 Å². The lowest BCUT2D eigenvalue weighted by molar-refractivity contribution is -0.125. The summed E-state index contributed by atoms with van der Waals surface area (Å²) in [4.78, 5) is 28.7. The number of benzene rings is 1. The van der Waals surface area contributed by atoms with Gasteiger partial charge < -0.3 is 16.0 Å². The molecule has 3 heterocycles. The van der Waals surface area contributed by atoms with Gasteiger partial charge in [0.15, 0.2) is 0 Å². The van der Waals surface area contributed by atoms with E-state index in [0.717, 1.165) is 23.7 Å². The normalized spacial score (nSPS) is 24.4. The fourth-order valence-corrected chi connectivity index (χ4v) is 4.25. The second-order valence-corrected chi connectivity index (χ2v) is 7.39. The zero-order valence-corrected chi connectivity index (χ0v) is 14.7. The Hall–Kier alpha value is -2.47. The summed E-state index contributed by atoms with van der Waals surface area (Å²) in [5.41, 5.74) is 1.41. The van der Waals surface area contributed by atoms with Crippen molar-refractivity contribution in [1.82, 2.24) is 15.6 Å². The molecule has 26 heavy (non-hydrogen) atoms. The number of carbonyl (C=O) groups excluding carboxylic acids is 2. The van der Waals surface area contributed by atoms with Crippen LogP contribution in [0.4, 0.5) is 5.69 Å². The molecule has 0 saturated carbocycles. The molecule has 3 N–H and O–H groups in total. The summed E-state index contributed by atoms with van der Waals surface area (Å²) in [5.74, 6) is 0.156. The van der Waals surface area contributed by atoms with Crippen molar-refractivity contribution >= 4 is 28.4 Å². The first-order valence-electron chi connectivity index (χ1n) is 9.34. The number of amides is 2. The molecular weight excluding hydrogens is 328 g/mol. The lowest BCUT2D eigenvalue weighted by Crippen LogP contribution is -2.40. The van der Waals surface area contributed by atoms with Crippen molar-refractivity contribution in [2.24, 2.45) is 5.92 Å². The van der Waals surface area contributed by atoms with E-state index in [1.165, 1.54) is 12.8 Å². The van der Waals surface area contributed by atoms with Crippen LogP contribution in [-0.4, -0.2) is 35.4 Å². The van der Waals surface area contributed by atoms with E-state index < -0.39 is 0 Å². The minimum absolute atomic E-state index is 0.0140. The molecule has 6 nitrogen and oxygen atoms in total. The van der Waals surface area contributed by atoms with Crippen molar-refractivity contribution in [3.05, 3.63) is 36.5 Å². The molecule has 2 aliphatic heterocycles. The number of hydrogen-bond acceptors (Lipinski definition) is 4. The van der Waals surface area contributed by atoms with Crippen molar-refractivity contribution in [2.45, 2.75) is 44.2 Å². The lowest BCUT2D eigenvalue weighted by atomic mass is 9.89. The molecule has 0 aliphatic carbocycles. The predicted molar refractivity (Wildman–Crippen MR) is 101 cm³/mol. The highest BCUT2D eigenvalue weighted by atomic mass is 16.2. The van der Waals surface area contributed by atoms with Crippen LogP contribution >= 0.6 is 0 Å². The van der Waals surface area contributed by atoms with E-state index in [2.05, 4.69) is 20.9 Å². The molecule has 2 aromatic rings. The molecule has 136 valence electrons. The monoisotopic (exact) mass is 352 g/mol. The molecule has 2 aliphatic rings. The number of hydrogen-bond donors (Lipinski definition) is 3. The number of pyridine rings is 1. The Labute approximate surface area is 152 Å². The molecule has 2 unspecified atom stereocenters. The Morgan fingerprint density at radius 1 is 1.08 bits per heavy atom. The second kappa shape index (κ2) is 7.41. The minimum Gasteiger partial charge on any atom is -0.347 e. The maximum absolute atomic E-state index is 12.2. The van der Waals surface area contributed by atoms with E-state index in [0.29, 0.717) is 30.1 Å². The summed E-state index contributed by atoms with van der Waals surface area (Å²) >= 11 is 0. The predicted octanol–water partition coefficient (Wildman–Crippen LogP) is 2.21. The summed E-state index contributed by atoms with van der Waals surface area (Å²) in [6.45, 7) is -0.0140. The van der Waals surface area contributed by atoms with Crippen molar-refractivity contribution in [1.29, 1.82) is 0 Å². The fourth-order valence-electron chi connectivity index (χ4n) is 4.25. The van der Waals surface area contributed by atoms with Crippen LogP contribution < -0.4 is 16.0 Å². The van der Waals surface area contributed by atoms with Crippen LogP contribution in [0.3, 0.4) is 0 Å². The molecule has 0 spiro atoms. The van der Waals surface area contributed by atoms with Gasteiger partial charge in [0.25, 0.3) is 0 Å². The zero-order valence-electron chi connectivity index (χ0n) is 14.7. The Bertz CT molecular complexity index is 805. The van der Waals surface area contributed by atoms with Crippen LogP contribution in [0.25, 0.3) is 10.9 Å². The quantitative estimate of drug-likeness (QED) is 0.770. The van der Waals surface area contributed by atoms with E-state index in [1.54, 1.807) is 6.20 Å². The van der Waals surface area contributed by atoms with Gasteiger partial charge in [-0.05, 0) is 43.7 Å². The van der Waals surface area contributed by atoms with Gasteiger partial charge in [0.05, 0.1) is 17.7 Å². The highest BCUT2D eigenvalue weighted by molar-refractivity contribution is 6.01. The fraction of sp³-hybridized carbons (Fsp3) is 0.450. The molecule has 6 heteroatoms. The molecule has 4 rings (SSSR count). The first-order chi connectivity index (χ1) is 12.7. The topological polar surface area (TPSA) is 83.1 Å². The number of para-hydroxylation sites is 1. The average molecular weight is 352 g/mol. The SMILES string of the molecule is O=C(CC1CC2CCC(C1)N2)NCC(=O)Nc1cccc2cccnc12. The van der Waals surface area contributed by atoms with Gasteiger partial charge in [0.2, 0.25) is 11.8 Å². The van der Waals surface area contributed by atoms with Crippen molar-refractivity contribution in [3.8, 4) is 0 Å². The number of rotatable bonds is 5. The Kier molecular flexibility index (Phi) is 4.84. The number of nitrogens with one attached hydrogen (secondary N) is 3. The van der Waals surface area contributed by atoms with Crippen molar-refractivity contribution in [3.63, 3.8) is 0 Å². The summed E-state index contributed by atoms with van der Waals surface area (Å²) in [6, 6.07) is 10.6. The molecule has 1 aromatic carbocycles. The third-order valence-corrected chi connectivity index (χ3v) is 5.40. The number of aromatic nitrogens is 1. The third kappa shape index (κ3) is 3.85. The van der Waals surface area contributed by atoms with Crippen LogP contribution in [-0.2, 0) is 9.59 Å². The second-order valence-electron chi connectivity index (χ2n) is 7.39. The van der Waals surface area contributed by atoms with Gasteiger partial charge in [0, 0.05) is 30.1 Å². The highest BCUT2D eigenvalue weighted by Gasteiger charge is 2.34. The molecule has 2 bridgehead atoms. The summed E-state index contributed by atoms with van der Waals surface area (Å²) in [7, 11) is 0. The van der Waals surface area contributed by atoms with Crippen molar-refractivity contribution in [2.75, 3.05) is 11.9 Å². The third-order valence-electron chi connectivity index (χ3n) is 5.40. The lowest BCUT2D eigenvalue weighted by Gasteiger charge is -2.28. The van der Waals surface area contributed by atoms with Gasteiger partial charge in [-0.15, -0.1) is 0 Å². The molecule has 1 aromatic heterocycles. The highest BCUT2D eigenvalue weighted by Crippen LogP contribution is 2.32. The van der Waals surface area contributed by atoms with Gasteiger partial charge in [-0.3, -0.25) is 14.6 Å². The maximum Gasteiger partial charge on any atom is 0.243 e. The molecule has 2 atom stereocenters. The number of nitrogens with zero attached hydrogens (tertiary/aromatic N) is 1. The number of anilines is 1. The summed E-state index contributed by atoms with van der Waals surface area (Å²) < 4.78 is 0. The number of piperidine rings is 1. The van der Waals surface area contributed by atoms with E-state index in [9.17, 15) is 9.59 Å². The van der Waals surface area contributed by atoms with Crippen LogP contribution in [0.2, 0.25) is 0 Å². The minimum atomic E-state index is -0.234. The van der Waals surface area contributed by atoms with E-state index in [4.69, 9.17) is 0 Å². The summed E-state index contributed by atoms with van der Waals surface area (Å²) in [6.07, 6.45) is 6.80. The average Bonchev–Trinajstić information content (AvgIpc) is 2.99. The van der Waals surface area contributed by atoms with E-state index in [-0.39, 0.29) is 18.4 Å². The van der Waals surface area contributed by atoms with Gasteiger partial charge >= 0.3 is 0 Å².